The van der Waals surface area contributed by atoms with Crippen LogP contribution in [-0.4, -0.2) is 36.5 Å². The molecule has 0 aliphatic carbocycles. The van der Waals surface area contributed by atoms with Gasteiger partial charge in [0.05, 0.1) is 0 Å². The number of para-hydroxylation sites is 1. The first-order chi connectivity index (χ1) is 8.84. The fraction of sp³-hybridized carbons (Fsp3) is 0.533. The van der Waals surface area contributed by atoms with Gasteiger partial charge in [0, 0.05) is 17.8 Å². The van der Waals surface area contributed by atoms with Crippen LogP contribution in [0.1, 0.15) is 25.7 Å². The van der Waals surface area contributed by atoms with Gasteiger partial charge in [-0.2, -0.15) is 0 Å². The van der Waals surface area contributed by atoms with Gasteiger partial charge in [-0.25, -0.2) is 0 Å². The van der Waals surface area contributed by atoms with Crippen LogP contribution in [0.25, 0.3) is 0 Å². The monoisotopic (exact) mass is 244 g/mol. The first-order valence-corrected chi connectivity index (χ1v) is 6.86. The number of benzene rings is 1. The molecule has 0 bridgehead atoms. The molecule has 0 radical (unpaired) electrons. The van der Waals surface area contributed by atoms with E-state index in [0.717, 1.165) is 18.6 Å². The summed E-state index contributed by atoms with van der Waals surface area (Å²) in [5.74, 6) is 0. The minimum atomic E-state index is 0.261. The number of fused-ring (bicyclic) bond motifs is 1. The molecule has 1 aromatic carbocycles. The Labute approximate surface area is 108 Å². The molecule has 0 atom stereocenters. The number of carbonyl (C=O) groups excluding carboxylic acids is 1. The quantitative estimate of drug-likeness (QED) is 0.759. The Morgan fingerprint density at radius 1 is 1.17 bits per heavy atom. The Kier molecular flexibility index (Phi) is 3.08. The summed E-state index contributed by atoms with van der Waals surface area (Å²) < 4.78 is 0. The molecule has 2 aliphatic rings. The molecule has 0 saturated carbocycles. The second kappa shape index (κ2) is 4.73. The van der Waals surface area contributed by atoms with E-state index in [4.69, 9.17) is 0 Å². The van der Waals surface area contributed by atoms with Gasteiger partial charge in [0.25, 0.3) is 0 Å². The van der Waals surface area contributed by atoms with Crippen LogP contribution in [0, 0.1) is 0 Å². The maximum atomic E-state index is 11.4. The van der Waals surface area contributed by atoms with Gasteiger partial charge in [0.15, 0.2) is 0 Å². The lowest BCUT2D eigenvalue weighted by Gasteiger charge is -2.36. The molecule has 2 aliphatic heterocycles. The number of amides is 1. The number of rotatable bonds is 4. The van der Waals surface area contributed by atoms with Crippen molar-refractivity contribution in [3.63, 3.8) is 0 Å². The molecule has 1 amide bonds. The summed E-state index contributed by atoms with van der Waals surface area (Å²) in [5.41, 5.74) is 1.28. The van der Waals surface area contributed by atoms with E-state index in [1.807, 2.05) is 35.2 Å². The molecule has 0 spiro atoms. The minimum absolute atomic E-state index is 0.261. The lowest BCUT2D eigenvalue weighted by Crippen LogP contribution is -2.48. The molecule has 2 heterocycles. The molecule has 2 fully saturated rings. The van der Waals surface area contributed by atoms with Crippen LogP contribution >= 0.6 is 0 Å². The Balaban J connectivity index is 1.80. The Morgan fingerprint density at radius 3 is 2.44 bits per heavy atom. The van der Waals surface area contributed by atoms with Crippen molar-refractivity contribution in [2.75, 3.05) is 24.5 Å². The lowest BCUT2D eigenvalue weighted by molar-refractivity contribution is -0.107. The lowest BCUT2D eigenvalue weighted by atomic mass is 9.93. The van der Waals surface area contributed by atoms with Crippen molar-refractivity contribution in [2.24, 2.45) is 0 Å². The third-order valence-corrected chi connectivity index (χ3v) is 4.49. The summed E-state index contributed by atoms with van der Waals surface area (Å²) in [6.45, 7) is 3.27. The molecule has 3 rings (SSSR count). The minimum Gasteiger partial charge on any atom is -0.313 e. The second-order valence-corrected chi connectivity index (χ2v) is 5.49. The Morgan fingerprint density at radius 2 is 1.83 bits per heavy atom. The first kappa shape index (κ1) is 11.7. The SMILES string of the molecule is O=CN(CC12CCCN1CCC2)c1ccccc1. The standard InChI is InChI=1S/C15H20N2O/c18-13-16(14-6-2-1-3-7-14)12-15-8-4-10-17(15)11-5-9-15/h1-3,6-7,13H,4-5,8-12H2. The summed E-state index contributed by atoms with van der Waals surface area (Å²) in [6.07, 6.45) is 6.02. The number of hydrogen-bond acceptors (Lipinski definition) is 2. The van der Waals surface area contributed by atoms with Crippen LogP contribution in [0.3, 0.4) is 0 Å². The van der Waals surface area contributed by atoms with Gasteiger partial charge in [-0.05, 0) is 50.9 Å². The number of nitrogens with zero attached hydrogens (tertiary/aromatic N) is 2. The summed E-state index contributed by atoms with van der Waals surface area (Å²) in [5, 5.41) is 0. The van der Waals surface area contributed by atoms with Crippen molar-refractivity contribution in [3.8, 4) is 0 Å². The third kappa shape index (κ3) is 1.93. The van der Waals surface area contributed by atoms with Crippen molar-refractivity contribution in [2.45, 2.75) is 31.2 Å². The van der Waals surface area contributed by atoms with E-state index < -0.39 is 0 Å². The van der Waals surface area contributed by atoms with E-state index in [9.17, 15) is 4.79 Å². The molecule has 1 aromatic rings. The predicted molar refractivity (Wildman–Crippen MR) is 72.6 cm³/mol. The van der Waals surface area contributed by atoms with Gasteiger partial charge in [0.2, 0.25) is 6.41 Å². The molecule has 2 saturated heterocycles. The van der Waals surface area contributed by atoms with Crippen LogP contribution in [0.4, 0.5) is 5.69 Å². The van der Waals surface area contributed by atoms with Crippen LogP contribution in [0.5, 0.6) is 0 Å². The molecule has 18 heavy (non-hydrogen) atoms. The second-order valence-electron chi connectivity index (χ2n) is 5.49. The van der Waals surface area contributed by atoms with Crippen LogP contribution in [0.15, 0.2) is 30.3 Å². The smallest absolute Gasteiger partial charge is 0.214 e. The maximum absolute atomic E-state index is 11.4. The average molecular weight is 244 g/mol. The van der Waals surface area contributed by atoms with Gasteiger partial charge in [-0.1, -0.05) is 18.2 Å². The van der Waals surface area contributed by atoms with Crippen LogP contribution in [-0.2, 0) is 4.79 Å². The molecule has 0 unspecified atom stereocenters. The fourth-order valence-electron chi connectivity index (χ4n) is 3.61. The fourth-order valence-corrected chi connectivity index (χ4v) is 3.61. The molecule has 3 heteroatoms. The van der Waals surface area contributed by atoms with Crippen molar-refractivity contribution in [1.82, 2.24) is 4.90 Å². The normalized spacial score (nSPS) is 21.8. The van der Waals surface area contributed by atoms with E-state index in [1.54, 1.807) is 0 Å². The largest absolute Gasteiger partial charge is 0.313 e. The number of carbonyl (C=O) groups is 1. The molecule has 0 N–H and O–H groups in total. The zero-order valence-corrected chi connectivity index (χ0v) is 10.7. The topological polar surface area (TPSA) is 23.6 Å². The van der Waals surface area contributed by atoms with Gasteiger partial charge < -0.3 is 4.90 Å². The Bertz CT molecular complexity index is 408. The van der Waals surface area contributed by atoms with Gasteiger partial charge in [-0.15, -0.1) is 0 Å². The van der Waals surface area contributed by atoms with E-state index in [-0.39, 0.29) is 5.54 Å². The van der Waals surface area contributed by atoms with Gasteiger partial charge >= 0.3 is 0 Å². The molecule has 3 nitrogen and oxygen atoms in total. The highest BCUT2D eigenvalue weighted by atomic mass is 16.1. The third-order valence-electron chi connectivity index (χ3n) is 4.49. The number of anilines is 1. The first-order valence-electron chi connectivity index (χ1n) is 6.86. The van der Waals surface area contributed by atoms with Gasteiger partial charge in [-0.3, -0.25) is 9.69 Å². The Hall–Kier alpha value is -1.35. The summed E-state index contributed by atoms with van der Waals surface area (Å²) in [7, 11) is 0. The highest BCUT2D eigenvalue weighted by Gasteiger charge is 2.45. The molecule has 96 valence electrons. The highest BCUT2D eigenvalue weighted by Crippen LogP contribution is 2.39. The van der Waals surface area contributed by atoms with Crippen molar-refractivity contribution in [3.05, 3.63) is 30.3 Å². The molecular weight excluding hydrogens is 224 g/mol. The van der Waals surface area contributed by atoms with E-state index in [0.29, 0.717) is 0 Å². The van der Waals surface area contributed by atoms with Crippen molar-refractivity contribution >= 4 is 12.1 Å². The predicted octanol–water partition coefficient (Wildman–Crippen LogP) is 2.28. The van der Waals surface area contributed by atoms with Crippen LogP contribution in [0.2, 0.25) is 0 Å². The van der Waals surface area contributed by atoms with Gasteiger partial charge in [0.1, 0.15) is 0 Å². The highest BCUT2D eigenvalue weighted by molar-refractivity contribution is 5.75. The van der Waals surface area contributed by atoms with E-state index >= 15 is 0 Å². The molecule has 0 aromatic heterocycles. The van der Waals surface area contributed by atoms with Crippen molar-refractivity contribution < 1.29 is 4.79 Å². The number of hydrogen-bond donors (Lipinski definition) is 0. The maximum Gasteiger partial charge on any atom is 0.214 e. The van der Waals surface area contributed by atoms with Crippen molar-refractivity contribution in [1.29, 1.82) is 0 Å². The zero-order chi connectivity index (χ0) is 12.4. The zero-order valence-electron chi connectivity index (χ0n) is 10.7. The average Bonchev–Trinajstić information content (AvgIpc) is 2.96. The molecular formula is C15H20N2O. The summed E-state index contributed by atoms with van der Waals surface area (Å²) in [4.78, 5) is 15.9. The van der Waals surface area contributed by atoms with E-state index in [1.165, 1.54) is 38.8 Å². The van der Waals surface area contributed by atoms with E-state index in [2.05, 4.69) is 4.90 Å². The summed E-state index contributed by atoms with van der Waals surface area (Å²) >= 11 is 0. The van der Waals surface area contributed by atoms with Crippen LogP contribution < -0.4 is 4.90 Å². The summed E-state index contributed by atoms with van der Waals surface area (Å²) in [6, 6.07) is 10.00.